The van der Waals surface area contributed by atoms with Crippen molar-refractivity contribution < 1.29 is 14.3 Å². The number of nitrogens with zero attached hydrogens (tertiary/aromatic N) is 5. The molecule has 34 heavy (non-hydrogen) atoms. The molecule has 0 fully saturated rings. The molecule has 3 rings (SSSR count). The number of nitrogen functional groups attached to an aromatic ring is 1. The molecule has 0 aliphatic carbocycles. The minimum atomic E-state index is -0.248. The van der Waals surface area contributed by atoms with Gasteiger partial charge in [0.15, 0.2) is 5.82 Å². The number of hydrogen-bond donors (Lipinski definition) is 4. The predicted octanol–water partition coefficient (Wildman–Crippen LogP) is 1.78. The topological polar surface area (TPSA) is 166 Å². The summed E-state index contributed by atoms with van der Waals surface area (Å²) >= 11 is 0. The number of nitrogens with two attached hydrogens (primary N) is 1. The van der Waals surface area contributed by atoms with E-state index in [1.54, 1.807) is 18.5 Å². The molecule has 3 heterocycles. The van der Waals surface area contributed by atoms with E-state index in [9.17, 15) is 4.79 Å². The summed E-state index contributed by atoms with van der Waals surface area (Å²) in [6.45, 7) is 8.49. The van der Waals surface area contributed by atoms with Crippen molar-refractivity contribution in [2.24, 2.45) is 0 Å². The van der Waals surface area contributed by atoms with E-state index in [2.05, 4.69) is 56.3 Å². The van der Waals surface area contributed by atoms with Crippen molar-refractivity contribution in [3.05, 3.63) is 24.3 Å². The lowest BCUT2D eigenvalue weighted by Gasteiger charge is -2.15. The number of hydrogen-bond acceptors (Lipinski definition) is 10. The van der Waals surface area contributed by atoms with Gasteiger partial charge in [-0.1, -0.05) is 20.8 Å². The minimum Gasteiger partial charge on any atom is -0.478 e. The van der Waals surface area contributed by atoms with Crippen LogP contribution in [0.3, 0.4) is 0 Å². The Morgan fingerprint density at radius 1 is 1.18 bits per heavy atom. The molecule has 0 aromatic carbocycles. The van der Waals surface area contributed by atoms with Crippen LogP contribution in [0, 0.1) is 0 Å². The van der Waals surface area contributed by atoms with Crippen LogP contribution < -0.4 is 21.1 Å². The Morgan fingerprint density at radius 2 is 1.94 bits per heavy atom. The van der Waals surface area contributed by atoms with E-state index in [4.69, 9.17) is 20.2 Å². The van der Waals surface area contributed by atoms with Crippen molar-refractivity contribution in [1.82, 2.24) is 35.2 Å². The van der Waals surface area contributed by atoms with E-state index in [1.807, 2.05) is 6.92 Å². The van der Waals surface area contributed by atoms with Crippen LogP contribution in [0.5, 0.6) is 5.88 Å². The second-order valence-electron chi connectivity index (χ2n) is 8.76. The Kier molecular flexibility index (Phi) is 7.61. The Hall–Kier alpha value is -3.80. The third kappa shape index (κ3) is 5.95. The molecule has 5 N–H and O–H groups in total. The molecule has 3 aromatic rings. The molecular weight excluding hydrogens is 438 g/mol. The Labute approximate surface area is 198 Å². The van der Waals surface area contributed by atoms with Crippen LogP contribution >= 0.6 is 0 Å². The van der Waals surface area contributed by atoms with Crippen molar-refractivity contribution in [1.29, 1.82) is 0 Å². The third-order valence-corrected chi connectivity index (χ3v) is 4.78. The van der Waals surface area contributed by atoms with E-state index in [1.165, 1.54) is 14.2 Å². The lowest BCUT2D eigenvalue weighted by molar-refractivity contribution is -0.125. The van der Waals surface area contributed by atoms with E-state index in [0.29, 0.717) is 35.3 Å². The molecule has 1 amide bonds. The van der Waals surface area contributed by atoms with Gasteiger partial charge in [-0.25, -0.2) is 24.9 Å². The number of ether oxygens (including phenoxy) is 2. The molecule has 0 radical (unpaired) electrons. The predicted molar refractivity (Wildman–Crippen MR) is 128 cm³/mol. The van der Waals surface area contributed by atoms with E-state index in [0.717, 1.165) is 5.82 Å². The smallest absolute Gasteiger partial charge is 0.257 e. The number of nitrogens with one attached hydrogen (secondary N) is 3. The highest BCUT2D eigenvalue weighted by Crippen LogP contribution is 2.33. The lowest BCUT2D eigenvalue weighted by Crippen LogP contribution is -2.39. The summed E-state index contributed by atoms with van der Waals surface area (Å²) in [7, 11) is 2.96. The second-order valence-corrected chi connectivity index (χ2v) is 8.76. The first-order valence-electron chi connectivity index (χ1n) is 10.7. The molecule has 182 valence electrons. The second kappa shape index (κ2) is 10.4. The van der Waals surface area contributed by atoms with Crippen molar-refractivity contribution in [3.63, 3.8) is 0 Å². The summed E-state index contributed by atoms with van der Waals surface area (Å²) in [5, 5.41) is 5.98. The van der Waals surface area contributed by atoms with Gasteiger partial charge >= 0.3 is 0 Å². The number of rotatable bonds is 9. The van der Waals surface area contributed by atoms with Crippen molar-refractivity contribution in [2.75, 3.05) is 38.4 Å². The molecule has 3 aromatic heterocycles. The van der Waals surface area contributed by atoms with Crippen molar-refractivity contribution in [3.8, 4) is 28.7 Å². The maximum atomic E-state index is 11.7. The largest absolute Gasteiger partial charge is 0.478 e. The molecule has 0 bridgehead atoms. The molecule has 1 atom stereocenters. The van der Waals surface area contributed by atoms with Gasteiger partial charge in [0.25, 0.3) is 5.88 Å². The Bertz CT molecular complexity index is 1140. The summed E-state index contributed by atoms with van der Waals surface area (Å²) in [5.41, 5.74) is 7.93. The van der Waals surface area contributed by atoms with Gasteiger partial charge in [0.2, 0.25) is 11.9 Å². The number of H-pyrrole nitrogens is 1. The highest BCUT2D eigenvalue weighted by atomic mass is 16.5. The number of anilines is 2. The van der Waals surface area contributed by atoms with Crippen LogP contribution in [0.15, 0.2) is 18.5 Å². The van der Waals surface area contributed by atoms with Crippen LogP contribution in [0.25, 0.3) is 22.8 Å². The molecule has 0 spiro atoms. The first kappa shape index (κ1) is 24.8. The minimum absolute atomic E-state index is 0.00779. The van der Waals surface area contributed by atoms with Gasteiger partial charge in [-0.3, -0.25) is 4.79 Å². The standard InChI is InChI=1S/C22H31N9O3/c1-12(27-15(32)11-33-5)9-26-21-24-8-7-13(29-21)16-17(31-20(30-16)22(2,3)4)14-10-25-18(23)19(28-14)34-6/h7-8,10,12H,9,11H2,1-6H3,(H2,23,25)(H,27,32)(H,30,31)(H,24,26,29)/t12-/m0/s1. The van der Waals surface area contributed by atoms with Gasteiger partial charge < -0.3 is 30.8 Å². The van der Waals surface area contributed by atoms with Gasteiger partial charge in [0.1, 0.15) is 23.8 Å². The number of carbonyl (C=O) groups is 1. The molecule has 0 saturated carbocycles. The SMILES string of the molecule is COCC(=O)N[C@@H](C)CNc1nccc(-c2[nH]c(C(C)(C)C)nc2-c2cnc(N)c(OC)n2)n1. The van der Waals surface area contributed by atoms with E-state index >= 15 is 0 Å². The molecule has 0 unspecified atom stereocenters. The van der Waals surface area contributed by atoms with Gasteiger partial charge in [-0.2, -0.15) is 0 Å². The number of methoxy groups -OCH3 is 2. The van der Waals surface area contributed by atoms with Crippen LogP contribution in [-0.2, 0) is 14.9 Å². The molecule has 0 aliphatic heterocycles. The zero-order valence-corrected chi connectivity index (χ0v) is 20.3. The van der Waals surface area contributed by atoms with Crippen molar-refractivity contribution >= 4 is 17.7 Å². The molecular formula is C22H31N9O3. The number of aromatic amines is 1. The fraction of sp³-hybridized carbons (Fsp3) is 0.455. The summed E-state index contributed by atoms with van der Waals surface area (Å²) in [5.74, 6) is 1.39. The van der Waals surface area contributed by atoms with Gasteiger partial charge in [0.05, 0.1) is 24.7 Å². The Morgan fingerprint density at radius 3 is 2.62 bits per heavy atom. The van der Waals surface area contributed by atoms with Crippen LogP contribution in [-0.4, -0.2) is 69.2 Å². The van der Waals surface area contributed by atoms with Gasteiger partial charge in [-0.05, 0) is 13.0 Å². The average Bonchev–Trinajstić information content (AvgIpc) is 3.24. The fourth-order valence-electron chi connectivity index (χ4n) is 3.07. The first-order chi connectivity index (χ1) is 16.1. The van der Waals surface area contributed by atoms with Gasteiger partial charge in [0, 0.05) is 31.3 Å². The number of carbonyl (C=O) groups excluding carboxylic acids is 1. The number of aromatic nitrogens is 6. The molecule has 12 heteroatoms. The summed E-state index contributed by atoms with van der Waals surface area (Å²) in [4.78, 5) is 37.4. The summed E-state index contributed by atoms with van der Waals surface area (Å²) in [6, 6.07) is 1.63. The molecule has 12 nitrogen and oxygen atoms in total. The highest BCUT2D eigenvalue weighted by molar-refractivity contribution is 5.77. The number of amides is 1. The number of imidazole rings is 1. The maximum absolute atomic E-state index is 11.7. The zero-order chi connectivity index (χ0) is 24.9. The van der Waals surface area contributed by atoms with E-state index in [-0.39, 0.29) is 35.7 Å². The lowest BCUT2D eigenvalue weighted by atomic mass is 9.96. The molecule has 0 saturated heterocycles. The normalized spacial score (nSPS) is 12.3. The quantitative estimate of drug-likeness (QED) is 0.363. The summed E-state index contributed by atoms with van der Waals surface area (Å²) in [6.07, 6.45) is 3.20. The van der Waals surface area contributed by atoms with E-state index < -0.39 is 0 Å². The monoisotopic (exact) mass is 469 g/mol. The van der Waals surface area contributed by atoms with Crippen molar-refractivity contribution in [2.45, 2.75) is 39.2 Å². The van der Waals surface area contributed by atoms with Crippen LogP contribution in [0.2, 0.25) is 0 Å². The maximum Gasteiger partial charge on any atom is 0.257 e. The van der Waals surface area contributed by atoms with Crippen LogP contribution in [0.4, 0.5) is 11.8 Å². The highest BCUT2D eigenvalue weighted by Gasteiger charge is 2.24. The fourth-order valence-corrected chi connectivity index (χ4v) is 3.07. The average molecular weight is 470 g/mol. The third-order valence-electron chi connectivity index (χ3n) is 4.78. The first-order valence-corrected chi connectivity index (χ1v) is 10.7. The Balaban J connectivity index is 1.92. The van der Waals surface area contributed by atoms with Crippen LogP contribution in [0.1, 0.15) is 33.5 Å². The zero-order valence-electron chi connectivity index (χ0n) is 20.3. The molecule has 0 aliphatic rings. The summed E-state index contributed by atoms with van der Waals surface area (Å²) < 4.78 is 10.1. The van der Waals surface area contributed by atoms with Gasteiger partial charge in [-0.15, -0.1) is 0 Å².